The Balaban J connectivity index is 1.57. The first-order chi connectivity index (χ1) is 14.3. The molecule has 7 heteroatoms. The van der Waals surface area contributed by atoms with Crippen molar-refractivity contribution >= 4 is 6.03 Å². The van der Waals surface area contributed by atoms with Crippen LogP contribution in [0, 0.1) is 18.8 Å². The van der Waals surface area contributed by atoms with Gasteiger partial charge in [0.1, 0.15) is 5.69 Å². The van der Waals surface area contributed by atoms with Gasteiger partial charge in [-0.3, -0.25) is 0 Å². The highest BCUT2D eigenvalue weighted by Crippen LogP contribution is 2.22. The van der Waals surface area contributed by atoms with Gasteiger partial charge in [-0.05, 0) is 64.7 Å². The van der Waals surface area contributed by atoms with Crippen molar-refractivity contribution < 1.29 is 9.53 Å². The maximum absolute atomic E-state index is 11.7. The molecule has 0 saturated carbocycles. The van der Waals surface area contributed by atoms with Crippen LogP contribution >= 0.6 is 0 Å². The Morgan fingerprint density at radius 2 is 2.17 bits per heavy atom. The lowest BCUT2D eigenvalue weighted by atomic mass is 10.0. The van der Waals surface area contributed by atoms with Crippen LogP contribution < -0.4 is 10.6 Å². The van der Waals surface area contributed by atoms with Crippen LogP contribution in [0.5, 0.6) is 0 Å². The number of hydrogen-bond acceptors (Lipinski definition) is 4. The molecule has 2 aromatic rings. The van der Waals surface area contributed by atoms with Gasteiger partial charge in [0.25, 0.3) is 0 Å². The number of carbonyl (C=O) groups excluding carboxylic acids is 1. The van der Waals surface area contributed by atoms with Crippen molar-refractivity contribution in [3.8, 4) is 23.1 Å². The number of amides is 2. The Morgan fingerprint density at radius 3 is 2.87 bits per heavy atom. The highest BCUT2D eigenvalue weighted by molar-refractivity contribution is 5.75. The number of aromatic nitrogens is 3. The summed E-state index contributed by atoms with van der Waals surface area (Å²) in [5, 5.41) is 14.2. The molecule has 2 amide bonds. The van der Waals surface area contributed by atoms with Crippen molar-refractivity contribution in [2.75, 3.05) is 13.2 Å². The zero-order valence-electron chi connectivity index (χ0n) is 18.3. The van der Waals surface area contributed by atoms with Crippen LogP contribution in [0.2, 0.25) is 0 Å². The molecule has 7 nitrogen and oxygen atoms in total. The van der Waals surface area contributed by atoms with E-state index >= 15 is 0 Å². The average Bonchev–Trinajstić information content (AvgIpc) is 3.13. The van der Waals surface area contributed by atoms with E-state index in [2.05, 4.69) is 32.8 Å². The summed E-state index contributed by atoms with van der Waals surface area (Å²) in [6.07, 6.45) is 5.64. The van der Waals surface area contributed by atoms with Crippen molar-refractivity contribution in [1.82, 2.24) is 25.6 Å². The van der Waals surface area contributed by atoms with Crippen molar-refractivity contribution in [1.29, 1.82) is 0 Å². The van der Waals surface area contributed by atoms with Gasteiger partial charge >= 0.3 is 6.03 Å². The molecule has 0 bridgehead atoms. The van der Waals surface area contributed by atoms with Gasteiger partial charge in [-0.2, -0.15) is 0 Å². The zero-order valence-corrected chi connectivity index (χ0v) is 18.3. The first-order valence-electron chi connectivity index (χ1n) is 10.5. The summed E-state index contributed by atoms with van der Waals surface area (Å²) in [5.74, 6) is 6.08. The number of hydrogen-bond donors (Lipinski definition) is 2. The molecule has 1 fully saturated rings. The molecule has 1 aromatic carbocycles. The van der Waals surface area contributed by atoms with Gasteiger partial charge in [-0.15, -0.1) is 5.10 Å². The number of rotatable bonds is 4. The number of urea groups is 1. The molecule has 0 radical (unpaired) electrons. The van der Waals surface area contributed by atoms with Crippen molar-refractivity contribution in [3.05, 3.63) is 35.5 Å². The fourth-order valence-corrected chi connectivity index (χ4v) is 3.36. The Labute approximate surface area is 178 Å². The number of nitrogens with zero attached hydrogens (tertiary/aromatic N) is 3. The standard InChI is InChI=1S/C23H31N5O2/c1-17-14-18(8-7-12-24-22(29)25-23(2,3)4)10-11-20(17)21-16-28(27-26-21)15-19-9-5-6-13-30-19/h10-11,14,16,19H,5-6,9,12-13,15H2,1-4H3,(H2,24,25,29). The van der Waals surface area contributed by atoms with Gasteiger partial charge in [-0.25, -0.2) is 9.48 Å². The first-order valence-corrected chi connectivity index (χ1v) is 10.5. The summed E-state index contributed by atoms with van der Waals surface area (Å²) < 4.78 is 7.66. The molecular formula is C23H31N5O2. The number of nitrogens with one attached hydrogen (secondary N) is 2. The second-order valence-electron chi connectivity index (χ2n) is 8.70. The summed E-state index contributed by atoms with van der Waals surface area (Å²) in [7, 11) is 0. The van der Waals surface area contributed by atoms with Gasteiger partial charge in [0.2, 0.25) is 0 Å². The molecule has 1 aliphatic heterocycles. The number of carbonyl (C=O) groups is 1. The summed E-state index contributed by atoms with van der Waals surface area (Å²) in [6.45, 7) is 9.72. The molecule has 2 N–H and O–H groups in total. The van der Waals surface area contributed by atoms with E-state index in [-0.39, 0.29) is 17.7 Å². The predicted molar refractivity (Wildman–Crippen MR) is 117 cm³/mol. The van der Waals surface area contributed by atoms with Gasteiger partial charge in [-0.1, -0.05) is 23.1 Å². The van der Waals surface area contributed by atoms with E-state index in [1.165, 1.54) is 6.42 Å². The highest BCUT2D eigenvalue weighted by atomic mass is 16.5. The van der Waals surface area contributed by atoms with Crippen molar-refractivity contribution in [2.24, 2.45) is 0 Å². The summed E-state index contributed by atoms with van der Waals surface area (Å²) in [5.41, 5.74) is 3.61. The number of ether oxygens (including phenoxy) is 1. The Morgan fingerprint density at radius 1 is 1.33 bits per heavy atom. The van der Waals surface area contributed by atoms with Gasteiger partial charge in [0.15, 0.2) is 0 Å². The van der Waals surface area contributed by atoms with Gasteiger partial charge in [0, 0.05) is 23.3 Å². The Hall–Kier alpha value is -2.85. The van der Waals surface area contributed by atoms with Crippen LogP contribution in [0.4, 0.5) is 4.79 Å². The third kappa shape index (κ3) is 6.60. The van der Waals surface area contributed by atoms with E-state index in [0.29, 0.717) is 6.54 Å². The van der Waals surface area contributed by atoms with Crippen LogP contribution in [0.15, 0.2) is 24.4 Å². The van der Waals surface area contributed by atoms with Crippen LogP contribution in [-0.2, 0) is 11.3 Å². The minimum Gasteiger partial charge on any atom is -0.376 e. The molecule has 3 rings (SSSR count). The largest absolute Gasteiger partial charge is 0.376 e. The minimum absolute atomic E-state index is 0.218. The van der Waals surface area contributed by atoms with E-state index < -0.39 is 0 Å². The van der Waals surface area contributed by atoms with Crippen LogP contribution in [0.25, 0.3) is 11.3 Å². The maximum Gasteiger partial charge on any atom is 0.315 e. The molecule has 30 heavy (non-hydrogen) atoms. The topological polar surface area (TPSA) is 81.1 Å². The zero-order chi connectivity index (χ0) is 21.6. The molecule has 160 valence electrons. The number of aryl methyl sites for hydroxylation is 1. The van der Waals surface area contributed by atoms with E-state index in [9.17, 15) is 4.79 Å². The molecule has 1 saturated heterocycles. The third-order valence-electron chi connectivity index (χ3n) is 4.76. The molecule has 1 aromatic heterocycles. The molecule has 2 heterocycles. The molecule has 1 atom stereocenters. The fourth-order valence-electron chi connectivity index (χ4n) is 3.36. The summed E-state index contributed by atoms with van der Waals surface area (Å²) >= 11 is 0. The SMILES string of the molecule is Cc1cc(C#CCNC(=O)NC(C)(C)C)ccc1-c1cn(CC2CCCCO2)nn1. The van der Waals surface area contributed by atoms with Gasteiger partial charge in [0.05, 0.1) is 25.4 Å². The number of benzene rings is 1. The smallest absolute Gasteiger partial charge is 0.315 e. The fraction of sp³-hybridized carbons (Fsp3) is 0.522. The van der Waals surface area contributed by atoms with Crippen molar-refractivity contribution in [3.63, 3.8) is 0 Å². The second-order valence-corrected chi connectivity index (χ2v) is 8.70. The highest BCUT2D eigenvalue weighted by Gasteiger charge is 2.16. The molecular weight excluding hydrogens is 378 g/mol. The normalized spacial score (nSPS) is 16.5. The molecule has 1 aliphatic rings. The van der Waals surface area contributed by atoms with Gasteiger partial charge < -0.3 is 15.4 Å². The summed E-state index contributed by atoms with van der Waals surface area (Å²) in [4.78, 5) is 11.7. The molecule has 0 aliphatic carbocycles. The lowest BCUT2D eigenvalue weighted by molar-refractivity contribution is 0.00370. The molecule has 0 spiro atoms. The maximum atomic E-state index is 11.7. The van der Waals surface area contributed by atoms with E-state index in [0.717, 1.165) is 48.4 Å². The molecule has 1 unspecified atom stereocenters. The van der Waals surface area contributed by atoms with E-state index in [1.54, 1.807) is 0 Å². The second kappa shape index (κ2) is 9.77. The first kappa shape index (κ1) is 21.8. The lowest BCUT2D eigenvalue weighted by Gasteiger charge is -2.21. The quantitative estimate of drug-likeness (QED) is 0.760. The predicted octanol–water partition coefficient (Wildman–Crippen LogP) is 3.27. The monoisotopic (exact) mass is 409 g/mol. The van der Waals surface area contributed by atoms with Crippen LogP contribution in [0.3, 0.4) is 0 Å². The average molecular weight is 410 g/mol. The Bertz CT molecular complexity index is 927. The van der Waals surface area contributed by atoms with Crippen LogP contribution in [-0.4, -0.2) is 45.8 Å². The van der Waals surface area contributed by atoms with Crippen LogP contribution in [0.1, 0.15) is 51.2 Å². The van der Waals surface area contributed by atoms with E-state index in [1.807, 2.05) is 56.8 Å². The summed E-state index contributed by atoms with van der Waals surface area (Å²) in [6, 6.07) is 5.80. The lowest BCUT2D eigenvalue weighted by Crippen LogP contribution is -2.46. The van der Waals surface area contributed by atoms with Crippen molar-refractivity contribution in [2.45, 2.75) is 65.1 Å². The minimum atomic E-state index is -0.268. The third-order valence-corrected chi connectivity index (χ3v) is 4.76. The Kier molecular flexibility index (Phi) is 7.11. The van der Waals surface area contributed by atoms with E-state index in [4.69, 9.17) is 4.74 Å².